The maximum absolute atomic E-state index is 11.9. The zero-order valence-electron chi connectivity index (χ0n) is 13.5. The molecule has 0 aliphatic heterocycles. The van der Waals surface area contributed by atoms with Gasteiger partial charge >= 0.3 is 0 Å². The molecule has 0 aliphatic carbocycles. The minimum absolute atomic E-state index is 0.0173. The van der Waals surface area contributed by atoms with Crippen molar-refractivity contribution in [3.63, 3.8) is 0 Å². The Hall–Kier alpha value is -1.98. The molecular formula is C18H18ClN3OS. The third-order valence-electron chi connectivity index (χ3n) is 3.76. The van der Waals surface area contributed by atoms with Crippen molar-refractivity contribution in [2.24, 2.45) is 0 Å². The van der Waals surface area contributed by atoms with E-state index in [2.05, 4.69) is 27.0 Å². The summed E-state index contributed by atoms with van der Waals surface area (Å²) in [4.78, 5) is 16.6. The van der Waals surface area contributed by atoms with E-state index in [1.165, 1.54) is 17.3 Å². The highest BCUT2D eigenvalue weighted by atomic mass is 35.5. The first-order valence-corrected chi connectivity index (χ1v) is 8.92. The summed E-state index contributed by atoms with van der Waals surface area (Å²) in [5.74, 6) is -0.0173. The van der Waals surface area contributed by atoms with Crippen molar-refractivity contribution in [1.29, 1.82) is 0 Å². The Labute approximate surface area is 150 Å². The summed E-state index contributed by atoms with van der Waals surface area (Å²) in [5.41, 5.74) is 3.03. The maximum atomic E-state index is 11.9. The number of fused-ring (bicyclic) bond motifs is 1. The van der Waals surface area contributed by atoms with Crippen molar-refractivity contribution < 1.29 is 4.79 Å². The molecule has 0 radical (unpaired) electrons. The van der Waals surface area contributed by atoms with Gasteiger partial charge in [0.15, 0.2) is 5.16 Å². The van der Waals surface area contributed by atoms with Gasteiger partial charge in [-0.2, -0.15) is 0 Å². The number of hydrogen-bond donors (Lipinski definition) is 1. The van der Waals surface area contributed by atoms with Crippen LogP contribution in [-0.4, -0.2) is 27.8 Å². The van der Waals surface area contributed by atoms with Gasteiger partial charge in [-0.15, -0.1) is 0 Å². The molecule has 3 rings (SSSR count). The van der Waals surface area contributed by atoms with Crippen LogP contribution in [-0.2, 0) is 11.3 Å². The topological polar surface area (TPSA) is 46.9 Å². The molecule has 0 saturated carbocycles. The SMILES string of the molecule is CNC(=O)C(C)Sc1nc2cc(Cl)ccc2n1Cc1ccccc1. The average Bonchev–Trinajstić information content (AvgIpc) is 2.91. The van der Waals surface area contributed by atoms with E-state index in [9.17, 15) is 4.79 Å². The second-order valence-corrected chi connectivity index (χ2v) is 7.22. The van der Waals surface area contributed by atoms with Gasteiger partial charge in [-0.05, 0) is 30.7 Å². The lowest BCUT2D eigenvalue weighted by atomic mass is 10.2. The van der Waals surface area contributed by atoms with Crippen LogP contribution in [0.1, 0.15) is 12.5 Å². The van der Waals surface area contributed by atoms with Crippen LogP contribution in [0.25, 0.3) is 11.0 Å². The van der Waals surface area contributed by atoms with Crippen LogP contribution in [0.15, 0.2) is 53.7 Å². The lowest BCUT2D eigenvalue weighted by Crippen LogP contribution is -2.27. The zero-order valence-corrected chi connectivity index (χ0v) is 15.1. The summed E-state index contributed by atoms with van der Waals surface area (Å²) in [5, 5.41) is 3.92. The Morgan fingerprint density at radius 2 is 2.04 bits per heavy atom. The molecule has 4 nitrogen and oxygen atoms in total. The number of nitrogens with one attached hydrogen (secondary N) is 1. The molecule has 1 N–H and O–H groups in total. The fourth-order valence-corrected chi connectivity index (χ4v) is 3.65. The molecule has 1 atom stereocenters. The first-order valence-electron chi connectivity index (χ1n) is 7.66. The van der Waals surface area contributed by atoms with Crippen LogP contribution >= 0.6 is 23.4 Å². The molecular weight excluding hydrogens is 342 g/mol. The van der Waals surface area contributed by atoms with Gasteiger partial charge in [0, 0.05) is 12.1 Å². The molecule has 0 fully saturated rings. The molecule has 1 aromatic heterocycles. The van der Waals surface area contributed by atoms with Gasteiger partial charge in [0.2, 0.25) is 5.91 Å². The number of imidazole rings is 1. The number of halogens is 1. The molecule has 3 aromatic rings. The Kier molecular flexibility index (Phi) is 5.11. The largest absolute Gasteiger partial charge is 0.358 e. The smallest absolute Gasteiger partial charge is 0.233 e. The average molecular weight is 360 g/mol. The number of thioether (sulfide) groups is 1. The molecule has 2 aromatic carbocycles. The summed E-state index contributed by atoms with van der Waals surface area (Å²) in [6, 6.07) is 15.9. The molecule has 0 bridgehead atoms. The van der Waals surface area contributed by atoms with E-state index in [1.807, 2.05) is 43.3 Å². The molecule has 6 heteroatoms. The molecule has 1 heterocycles. The highest BCUT2D eigenvalue weighted by Crippen LogP contribution is 2.29. The van der Waals surface area contributed by atoms with Gasteiger partial charge in [0.05, 0.1) is 22.8 Å². The zero-order chi connectivity index (χ0) is 17.1. The summed E-state index contributed by atoms with van der Waals surface area (Å²) < 4.78 is 2.13. The van der Waals surface area contributed by atoms with E-state index in [0.717, 1.165) is 16.2 Å². The Morgan fingerprint density at radius 1 is 1.29 bits per heavy atom. The van der Waals surface area contributed by atoms with Crippen LogP contribution in [0.2, 0.25) is 5.02 Å². The van der Waals surface area contributed by atoms with Crippen molar-refractivity contribution in [2.75, 3.05) is 7.05 Å². The van der Waals surface area contributed by atoms with Gasteiger partial charge in [0.1, 0.15) is 0 Å². The molecule has 0 aliphatic rings. The normalized spacial score (nSPS) is 12.3. The predicted octanol–water partition coefficient (Wildman–Crippen LogP) is 3.96. The first-order chi connectivity index (χ1) is 11.6. The fraction of sp³-hybridized carbons (Fsp3) is 0.222. The van der Waals surface area contributed by atoms with Crippen molar-refractivity contribution in [3.05, 3.63) is 59.1 Å². The van der Waals surface area contributed by atoms with E-state index in [1.54, 1.807) is 7.05 Å². The van der Waals surface area contributed by atoms with Crippen molar-refractivity contribution in [1.82, 2.24) is 14.9 Å². The predicted molar refractivity (Wildman–Crippen MR) is 99.7 cm³/mol. The van der Waals surface area contributed by atoms with Crippen LogP contribution in [0.3, 0.4) is 0 Å². The number of amides is 1. The van der Waals surface area contributed by atoms with Crippen molar-refractivity contribution >= 4 is 40.3 Å². The third-order valence-corrected chi connectivity index (χ3v) is 5.08. The lowest BCUT2D eigenvalue weighted by molar-refractivity contribution is -0.119. The molecule has 1 unspecified atom stereocenters. The van der Waals surface area contributed by atoms with E-state index < -0.39 is 0 Å². The molecule has 24 heavy (non-hydrogen) atoms. The highest BCUT2D eigenvalue weighted by Gasteiger charge is 2.19. The molecule has 0 saturated heterocycles. The second kappa shape index (κ2) is 7.28. The van der Waals surface area contributed by atoms with Crippen molar-refractivity contribution in [3.8, 4) is 0 Å². The van der Waals surface area contributed by atoms with Crippen LogP contribution in [0.4, 0.5) is 0 Å². The number of carbonyl (C=O) groups is 1. The minimum Gasteiger partial charge on any atom is -0.358 e. The first kappa shape index (κ1) is 16.9. The minimum atomic E-state index is -0.225. The van der Waals surface area contributed by atoms with E-state index in [0.29, 0.717) is 11.6 Å². The van der Waals surface area contributed by atoms with Crippen LogP contribution < -0.4 is 5.32 Å². The van der Waals surface area contributed by atoms with Crippen LogP contribution in [0, 0.1) is 0 Å². The summed E-state index contributed by atoms with van der Waals surface area (Å²) in [7, 11) is 1.64. The fourth-order valence-electron chi connectivity index (χ4n) is 2.50. The van der Waals surface area contributed by atoms with E-state index in [4.69, 9.17) is 11.6 Å². The Balaban J connectivity index is 2.02. The molecule has 124 valence electrons. The Morgan fingerprint density at radius 3 is 2.75 bits per heavy atom. The third kappa shape index (κ3) is 3.57. The number of nitrogens with zero attached hydrogens (tertiary/aromatic N) is 2. The molecule has 0 spiro atoms. The maximum Gasteiger partial charge on any atom is 0.233 e. The van der Waals surface area contributed by atoms with Gasteiger partial charge in [-0.3, -0.25) is 4.79 Å². The number of hydrogen-bond acceptors (Lipinski definition) is 3. The van der Waals surface area contributed by atoms with Gasteiger partial charge in [0.25, 0.3) is 0 Å². The quantitative estimate of drug-likeness (QED) is 0.701. The monoisotopic (exact) mass is 359 g/mol. The number of rotatable bonds is 5. The number of benzene rings is 2. The van der Waals surface area contributed by atoms with Crippen LogP contribution in [0.5, 0.6) is 0 Å². The van der Waals surface area contributed by atoms with E-state index >= 15 is 0 Å². The summed E-state index contributed by atoms with van der Waals surface area (Å²) >= 11 is 7.55. The van der Waals surface area contributed by atoms with Gasteiger partial charge in [-0.1, -0.05) is 53.7 Å². The second-order valence-electron chi connectivity index (χ2n) is 5.47. The highest BCUT2D eigenvalue weighted by molar-refractivity contribution is 8.00. The number of aromatic nitrogens is 2. The molecule has 1 amide bonds. The van der Waals surface area contributed by atoms with Gasteiger partial charge < -0.3 is 9.88 Å². The lowest BCUT2D eigenvalue weighted by Gasteiger charge is -2.12. The summed E-state index contributed by atoms with van der Waals surface area (Å²) in [6.45, 7) is 2.57. The van der Waals surface area contributed by atoms with E-state index in [-0.39, 0.29) is 11.2 Å². The van der Waals surface area contributed by atoms with Crippen molar-refractivity contribution in [2.45, 2.75) is 23.9 Å². The summed E-state index contributed by atoms with van der Waals surface area (Å²) in [6.07, 6.45) is 0. The standard InChI is InChI=1S/C18H18ClN3OS/c1-12(17(23)20-2)24-18-21-15-10-14(19)8-9-16(15)22(18)11-13-6-4-3-5-7-13/h3-10,12H,11H2,1-2H3,(H,20,23). The Bertz CT molecular complexity index is 863. The number of carbonyl (C=O) groups excluding carboxylic acids is 1. The van der Waals surface area contributed by atoms with Gasteiger partial charge in [-0.25, -0.2) is 4.98 Å².